The first-order valence-electron chi connectivity index (χ1n) is 8.35. The third kappa shape index (κ3) is 4.59. The van der Waals surface area contributed by atoms with Crippen LogP contribution in [-0.4, -0.2) is 5.78 Å². The quantitative estimate of drug-likeness (QED) is 0.581. The highest BCUT2D eigenvalue weighted by Gasteiger charge is 2.33. The Hall–Kier alpha value is -2.36. The summed E-state index contributed by atoms with van der Waals surface area (Å²) in [6.07, 6.45) is 5.26. The minimum Gasteiger partial charge on any atom is -0.289 e. The number of rotatable bonds is 2. The second kappa shape index (κ2) is 6.87. The van der Waals surface area contributed by atoms with Crippen molar-refractivity contribution in [3.8, 4) is 0 Å². The summed E-state index contributed by atoms with van der Waals surface area (Å²) in [5.74, 6) is -0.344. The highest BCUT2D eigenvalue weighted by atomic mass is 19.1. The van der Waals surface area contributed by atoms with Gasteiger partial charge in [0.25, 0.3) is 0 Å². The molecule has 0 atom stereocenters. The summed E-state index contributed by atoms with van der Waals surface area (Å²) in [7, 11) is 0. The number of ketones is 1. The molecule has 0 aromatic heterocycles. The lowest BCUT2D eigenvalue weighted by atomic mass is 9.72. The van der Waals surface area contributed by atoms with E-state index in [2.05, 4.69) is 10.2 Å². The Labute approximate surface area is 149 Å². The molecule has 0 spiro atoms. The molecule has 0 aliphatic heterocycles. The maximum atomic E-state index is 13.6. The van der Waals surface area contributed by atoms with Crippen LogP contribution in [0.25, 0.3) is 0 Å². The number of azo groups is 1. The van der Waals surface area contributed by atoms with Crippen LogP contribution < -0.4 is 0 Å². The van der Waals surface area contributed by atoms with Gasteiger partial charge in [0, 0.05) is 11.1 Å². The minimum atomic E-state index is -0.416. The second-order valence-corrected chi connectivity index (χ2v) is 8.24. The molecule has 0 saturated heterocycles. The second-order valence-electron chi connectivity index (χ2n) is 8.24. The van der Waals surface area contributed by atoms with E-state index < -0.39 is 5.82 Å². The molecule has 0 unspecified atom stereocenters. The van der Waals surface area contributed by atoms with Crippen LogP contribution in [0, 0.1) is 16.6 Å². The van der Waals surface area contributed by atoms with E-state index in [1.165, 1.54) is 6.07 Å². The van der Waals surface area contributed by atoms with Crippen molar-refractivity contribution in [2.24, 2.45) is 21.1 Å². The van der Waals surface area contributed by atoms with Gasteiger partial charge in [-0.1, -0.05) is 53.7 Å². The third-order valence-electron chi connectivity index (χ3n) is 3.95. The van der Waals surface area contributed by atoms with Gasteiger partial charge in [0.05, 0.1) is 6.20 Å². The van der Waals surface area contributed by atoms with Gasteiger partial charge in [-0.15, -0.1) is 5.11 Å². The van der Waals surface area contributed by atoms with E-state index in [1.807, 2.05) is 53.7 Å². The van der Waals surface area contributed by atoms with Gasteiger partial charge in [-0.25, -0.2) is 4.39 Å². The Balaban J connectivity index is 2.43. The molecule has 0 heterocycles. The number of carbonyl (C=O) groups excluding carboxylic acids is 1. The molecule has 0 amide bonds. The monoisotopic (exact) mass is 340 g/mol. The normalized spacial score (nSPS) is 16.1. The number of allylic oxidation sites excluding steroid dienone is 5. The van der Waals surface area contributed by atoms with Crippen LogP contribution in [0.15, 0.2) is 69.6 Å². The lowest BCUT2D eigenvalue weighted by Crippen LogP contribution is -2.27. The fraction of sp³-hybridized carbons (Fsp3) is 0.381. The standard InChI is InChI=1S/C21H25FN2O/c1-20(2,3)15-11-14(12-16(19(15)25)21(4,5)6)13-23-24-18-10-8-7-9-17(18)22/h7-13H,1-6H3. The Bertz CT molecular complexity index is 764. The molecule has 0 N–H and O–H groups in total. The summed E-state index contributed by atoms with van der Waals surface area (Å²) in [4.78, 5) is 12.8. The fourth-order valence-electron chi connectivity index (χ4n) is 2.53. The van der Waals surface area contributed by atoms with Gasteiger partial charge in [-0.3, -0.25) is 4.79 Å². The van der Waals surface area contributed by atoms with Crippen molar-refractivity contribution in [2.75, 3.05) is 0 Å². The molecule has 25 heavy (non-hydrogen) atoms. The summed E-state index contributed by atoms with van der Waals surface area (Å²) in [6, 6.07) is 6.22. The molecule has 1 aromatic rings. The van der Waals surface area contributed by atoms with Crippen LogP contribution in [0.3, 0.4) is 0 Å². The Morgan fingerprint density at radius 3 is 1.92 bits per heavy atom. The molecule has 4 heteroatoms. The number of hydrogen-bond acceptors (Lipinski definition) is 3. The zero-order chi connectivity index (χ0) is 18.8. The lowest BCUT2D eigenvalue weighted by Gasteiger charge is -2.31. The predicted molar refractivity (Wildman–Crippen MR) is 99.1 cm³/mol. The molecule has 0 bridgehead atoms. The van der Waals surface area contributed by atoms with E-state index in [0.717, 1.165) is 16.7 Å². The average molecular weight is 340 g/mol. The van der Waals surface area contributed by atoms with Gasteiger partial charge < -0.3 is 0 Å². The molecule has 3 nitrogen and oxygen atoms in total. The van der Waals surface area contributed by atoms with Gasteiger partial charge in [0.1, 0.15) is 5.69 Å². The molecule has 2 rings (SSSR count). The number of Topliss-reactive ketones (excluding diaryl/α,β-unsaturated/α-hetero) is 1. The van der Waals surface area contributed by atoms with E-state index in [9.17, 15) is 9.18 Å². The maximum absolute atomic E-state index is 13.6. The molecule has 1 aliphatic rings. The Morgan fingerprint density at radius 2 is 1.44 bits per heavy atom. The summed E-state index contributed by atoms with van der Waals surface area (Å²) in [6.45, 7) is 12.1. The molecule has 132 valence electrons. The molecular formula is C21H25FN2O. The van der Waals surface area contributed by atoms with E-state index in [0.29, 0.717) is 0 Å². The Kier molecular flexibility index (Phi) is 5.21. The van der Waals surface area contributed by atoms with Crippen LogP contribution in [0.2, 0.25) is 0 Å². The van der Waals surface area contributed by atoms with Crippen LogP contribution >= 0.6 is 0 Å². The number of carbonyl (C=O) groups is 1. The zero-order valence-corrected chi connectivity index (χ0v) is 15.7. The maximum Gasteiger partial charge on any atom is 0.186 e. The summed E-state index contributed by atoms with van der Waals surface area (Å²) >= 11 is 0. The fourth-order valence-corrected chi connectivity index (χ4v) is 2.53. The highest BCUT2D eigenvalue weighted by Crippen LogP contribution is 2.38. The van der Waals surface area contributed by atoms with Crippen LogP contribution in [0.4, 0.5) is 10.1 Å². The van der Waals surface area contributed by atoms with Gasteiger partial charge >= 0.3 is 0 Å². The van der Waals surface area contributed by atoms with E-state index in [-0.39, 0.29) is 22.3 Å². The van der Waals surface area contributed by atoms with Crippen molar-refractivity contribution in [1.29, 1.82) is 0 Å². The number of halogens is 1. The van der Waals surface area contributed by atoms with Crippen molar-refractivity contribution in [3.63, 3.8) is 0 Å². The number of hydrogen-bond donors (Lipinski definition) is 0. The van der Waals surface area contributed by atoms with Gasteiger partial charge in [-0.2, -0.15) is 5.11 Å². The first-order valence-corrected chi connectivity index (χ1v) is 8.35. The molecule has 0 saturated carbocycles. The molecule has 1 aliphatic carbocycles. The molecular weight excluding hydrogens is 315 g/mol. The predicted octanol–water partition coefficient (Wildman–Crippen LogP) is 6.32. The number of nitrogens with zero attached hydrogens (tertiary/aromatic N) is 2. The lowest BCUT2D eigenvalue weighted by molar-refractivity contribution is -0.114. The summed E-state index contributed by atoms with van der Waals surface area (Å²) in [5.41, 5.74) is 1.91. The van der Waals surface area contributed by atoms with Crippen molar-refractivity contribution in [3.05, 3.63) is 65.2 Å². The van der Waals surface area contributed by atoms with Crippen LogP contribution in [-0.2, 0) is 4.79 Å². The zero-order valence-electron chi connectivity index (χ0n) is 15.7. The largest absolute Gasteiger partial charge is 0.289 e. The summed E-state index contributed by atoms with van der Waals surface area (Å²) < 4.78 is 13.6. The number of benzene rings is 1. The highest BCUT2D eigenvalue weighted by molar-refractivity contribution is 6.11. The third-order valence-corrected chi connectivity index (χ3v) is 3.95. The van der Waals surface area contributed by atoms with Gasteiger partial charge in [-0.05, 0) is 40.7 Å². The van der Waals surface area contributed by atoms with Gasteiger partial charge in [0.15, 0.2) is 11.6 Å². The Morgan fingerprint density at radius 1 is 0.920 bits per heavy atom. The molecule has 1 aromatic carbocycles. The van der Waals surface area contributed by atoms with Crippen LogP contribution in [0.1, 0.15) is 41.5 Å². The summed E-state index contributed by atoms with van der Waals surface area (Å²) in [5, 5.41) is 7.93. The first-order chi connectivity index (χ1) is 11.5. The SMILES string of the molecule is CC(C)(C)C1=CC(=CN=Nc2ccccc2F)C=C(C(C)(C)C)C1=O. The van der Waals surface area contributed by atoms with E-state index in [4.69, 9.17) is 0 Å². The van der Waals surface area contributed by atoms with E-state index >= 15 is 0 Å². The van der Waals surface area contributed by atoms with Crippen LogP contribution in [0.5, 0.6) is 0 Å². The topological polar surface area (TPSA) is 41.8 Å². The molecule has 0 fully saturated rings. The average Bonchev–Trinajstić information content (AvgIpc) is 2.48. The van der Waals surface area contributed by atoms with E-state index in [1.54, 1.807) is 24.4 Å². The smallest absolute Gasteiger partial charge is 0.186 e. The van der Waals surface area contributed by atoms with Crippen molar-refractivity contribution in [2.45, 2.75) is 41.5 Å². The minimum absolute atomic E-state index is 0.0724. The van der Waals surface area contributed by atoms with Crippen molar-refractivity contribution < 1.29 is 9.18 Å². The van der Waals surface area contributed by atoms with Gasteiger partial charge in [0.2, 0.25) is 0 Å². The molecule has 0 radical (unpaired) electrons. The first kappa shape index (κ1) is 19.0. The van der Waals surface area contributed by atoms with Crippen molar-refractivity contribution >= 4 is 11.5 Å². The van der Waals surface area contributed by atoms with Crippen molar-refractivity contribution in [1.82, 2.24) is 0 Å².